The van der Waals surface area contributed by atoms with Gasteiger partial charge in [-0.05, 0) is 40.3 Å². The SMILES string of the molecule is CCCCCC1=Cc2cccc3cccc1c23. The predicted octanol–water partition coefficient (Wildman–Crippen LogP) is 5.27. The summed E-state index contributed by atoms with van der Waals surface area (Å²) in [7, 11) is 0. The fourth-order valence-corrected chi connectivity index (χ4v) is 2.80. The molecule has 0 N–H and O–H groups in total. The summed E-state index contributed by atoms with van der Waals surface area (Å²) < 4.78 is 0. The van der Waals surface area contributed by atoms with Crippen molar-refractivity contribution in [1.82, 2.24) is 0 Å². The molecule has 1 aliphatic rings. The zero-order chi connectivity index (χ0) is 11.7. The minimum atomic E-state index is 1.22. The third kappa shape index (κ3) is 1.78. The lowest BCUT2D eigenvalue weighted by atomic mass is 9.99. The van der Waals surface area contributed by atoms with Gasteiger partial charge in [0, 0.05) is 0 Å². The second-order valence-electron chi connectivity index (χ2n) is 4.88. The minimum absolute atomic E-state index is 1.22. The molecule has 0 aliphatic heterocycles. The number of rotatable bonds is 4. The molecule has 0 saturated carbocycles. The van der Waals surface area contributed by atoms with Crippen LogP contribution >= 0.6 is 0 Å². The topological polar surface area (TPSA) is 0 Å². The van der Waals surface area contributed by atoms with Crippen LogP contribution in [-0.2, 0) is 0 Å². The summed E-state index contributed by atoms with van der Waals surface area (Å²) in [5, 5.41) is 2.84. The molecule has 0 heteroatoms. The molecule has 0 saturated heterocycles. The van der Waals surface area contributed by atoms with Crippen LogP contribution in [0.4, 0.5) is 0 Å². The van der Waals surface area contributed by atoms with Crippen LogP contribution < -0.4 is 0 Å². The van der Waals surface area contributed by atoms with E-state index in [0.29, 0.717) is 0 Å². The molecule has 0 aromatic heterocycles. The Morgan fingerprint density at radius 1 is 0.941 bits per heavy atom. The number of benzene rings is 2. The number of allylic oxidation sites excluding steroid dienone is 1. The van der Waals surface area contributed by atoms with Gasteiger partial charge in [-0.1, -0.05) is 62.2 Å². The second-order valence-corrected chi connectivity index (χ2v) is 4.88. The zero-order valence-electron chi connectivity index (χ0n) is 10.4. The van der Waals surface area contributed by atoms with E-state index >= 15 is 0 Å². The molecule has 0 spiro atoms. The van der Waals surface area contributed by atoms with E-state index < -0.39 is 0 Å². The number of unbranched alkanes of at least 4 members (excludes halogenated alkanes) is 2. The van der Waals surface area contributed by atoms with E-state index in [4.69, 9.17) is 0 Å². The fraction of sp³-hybridized carbons (Fsp3) is 0.294. The van der Waals surface area contributed by atoms with E-state index in [0.717, 1.165) is 0 Å². The lowest BCUT2D eigenvalue weighted by molar-refractivity contribution is 0.736. The van der Waals surface area contributed by atoms with Crippen molar-refractivity contribution in [1.29, 1.82) is 0 Å². The Balaban J connectivity index is 1.99. The normalized spacial score (nSPS) is 13.1. The zero-order valence-corrected chi connectivity index (χ0v) is 10.4. The Labute approximate surface area is 103 Å². The Hall–Kier alpha value is -1.56. The van der Waals surface area contributed by atoms with Gasteiger partial charge in [0.15, 0.2) is 0 Å². The monoisotopic (exact) mass is 222 g/mol. The van der Waals surface area contributed by atoms with Gasteiger partial charge in [0.25, 0.3) is 0 Å². The van der Waals surface area contributed by atoms with Crippen molar-refractivity contribution in [2.75, 3.05) is 0 Å². The molecule has 0 nitrogen and oxygen atoms in total. The van der Waals surface area contributed by atoms with Gasteiger partial charge in [-0.3, -0.25) is 0 Å². The van der Waals surface area contributed by atoms with Crippen molar-refractivity contribution < 1.29 is 0 Å². The van der Waals surface area contributed by atoms with Crippen LogP contribution in [0.2, 0.25) is 0 Å². The largest absolute Gasteiger partial charge is 0.0654 e. The maximum atomic E-state index is 2.38. The molecule has 0 atom stereocenters. The van der Waals surface area contributed by atoms with Crippen molar-refractivity contribution in [3.05, 3.63) is 47.5 Å². The first-order chi connectivity index (χ1) is 8.40. The van der Waals surface area contributed by atoms with E-state index in [2.05, 4.69) is 49.4 Å². The first kappa shape index (κ1) is 10.6. The van der Waals surface area contributed by atoms with Crippen LogP contribution in [-0.4, -0.2) is 0 Å². The third-order valence-corrected chi connectivity index (χ3v) is 3.66. The Morgan fingerprint density at radius 3 is 2.59 bits per heavy atom. The van der Waals surface area contributed by atoms with Crippen LogP contribution in [0.3, 0.4) is 0 Å². The maximum Gasteiger partial charge on any atom is -0.00360 e. The summed E-state index contributed by atoms with van der Waals surface area (Å²) in [6.07, 6.45) is 7.55. The molecule has 2 aromatic carbocycles. The molecular weight excluding hydrogens is 204 g/mol. The van der Waals surface area contributed by atoms with Gasteiger partial charge in [0.2, 0.25) is 0 Å². The summed E-state index contributed by atoms with van der Waals surface area (Å²) in [4.78, 5) is 0. The highest BCUT2D eigenvalue weighted by Gasteiger charge is 2.14. The Morgan fingerprint density at radius 2 is 1.76 bits per heavy atom. The molecular formula is C17H18. The first-order valence-corrected chi connectivity index (χ1v) is 6.63. The Kier molecular flexibility index (Phi) is 2.72. The predicted molar refractivity (Wildman–Crippen MR) is 76.0 cm³/mol. The van der Waals surface area contributed by atoms with Crippen LogP contribution in [0, 0.1) is 0 Å². The van der Waals surface area contributed by atoms with Gasteiger partial charge < -0.3 is 0 Å². The first-order valence-electron chi connectivity index (χ1n) is 6.63. The van der Waals surface area contributed by atoms with Gasteiger partial charge in [-0.15, -0.1) is 0 Å². The van der Waals surface area contributed by atoms with Crippen LogP contribution in [0.15, 0.2) is 36.4 Å². The van der Waals surface area contributed by atoms with Crippen LogP contribution in [0.1, 0.15) is 43.7 Å². The van der Waals surface area contributed by atoms with Crippen molar-refractivity contribution in [2.45, 2.75) is 32.6 Å². The summed E-state index contributed by atoms with van der Waals surface area (Å²) in [6.45, 7) is 2.26. The molecule has 1 aliphatic carbocycles. The van der Waals surface area contributed by atoms with Gasteiger partial charge in [-0.25, -0.2) is 0 Å². The summed E-state index contributed by atoms with van der Waals surface area (Å²) in [6, 6.07) is 13.3. The molecule has 0 radical (unpaired) electrons. The van der Waals surface area contributed by atoms with Crippen molar-refractivity contribution in [2.24, 2.45) is 0 Å². The van der Waals surface area contributed by atoms with Gasteiger partial charge in [0.1, 0.15) is 0 Å². The molecule has 17 heavy (non-hydrogen) atoms. The van der Waals surface area contributed by atoms with Crippen LogP contribution in [0.25, 0.3) is 22.4 Å². The summed E-state index contributed by atoms with van der Waals surface area (Å²) >= 11 is 0. The van der Waals surface area contributed by atoms with E-state index in [1.807, 2.05) is 0 Å². The van der Waals surface area contributed by atoms with Crippen molar-refractivity contribution in [3.8, 4) is 0 Å². The highest BCUT2D eigenvalue weighted by molar-refractivity contribution is 6.09. The molecule has 2 aromatic rings. The second kappa shape index (κ2) is 4.37. The third-order valence-electron chi connectivity index (χ3n) is 3.66. The van der Waals surface area contributed by atoms with E-state index in [-0.39, 0.29) is 0 Å². The molecule has 3 rings (SSSR count). The molecule has 0 amide bonds. The molecule has 0 fully saturated rings. The van der Waals surface area contributed by atoms with Crippen LogP contribution in [0.5, 0.6) is 0 Å². The summed E-state index contributed by atoms with van der Waals surface area (Å²) in [5.74, 6) is 0. The van der Waals surface area contributed by atoms with E-state index in [1.165, 1.54) is 53.2 Å². The van der Waals surface area contributed by atoms with Crippen molar-refractivity contribution >= 4 is 22.4 Å². The lowest BCUT2D eigenvalue weighted by Gasteiger charge is -2.05. The average molecular weight is 222 g/mol. The number of hydrogen-bond acceptors (Lipinski definition) is 0. The molecule has 86 valence electrons. The quantitative estimate of drug-likeness (QED) is 0.618. The highest BCUT2D eigenvalue weighted by Crippen LogP contribution is 2.38. The van der Waals surface area contributed by atoms with Gasteiger partial charge in [0.05, 0.1) is 0 Å². The minimum Gasteiger partial charge on any atom is -0.0654 e. The summed E-state index contributed by atoms with van der Waals surface area (Å²) in [5.41, 5.74) is 4.41. The van der Waals surface area contributed by atoms with Gasteiger partial charge in [-0.2, -0.15) is 0 Å². The molecule has 0 unspecified atom stereocenters. The molecule has 0 bridgehead atoms. The van der Waals surface area contributed by atoms with Crippen molar-refractivity contribution in [3.63, 3.8) is 0 Å². The van der Waals surface area contributed by atoms with Gasteiger partial charge >= 0.3 is 0 Å². The van der Waals surface area contributed by atoms with E-state index in [1.54, 1.807) is 0 Å². The average Bonchev–Trinajstić information content (AvgIpc) is 2.71. The maximum absolute atomic E-state index is 2.38. The van der Waals surface area contributed by atoms with E-state index in [9.17, 15) is 0 Å². The Bertz CT molecular complexity index is 570. The fourth-order valence-electron chi connectivity index (χ4n) is 2.80. The number of hydrogen-bond donors (Lipinski definition) is 0. The smallest absolute Gasteiger partial charge is 0.00360 e. The molecule has 0 heterocycles. The standard InChI is InChI=1S/C17H18/c1-2-3-4-7-14-12-15-10-5-8-13-9-6-11-16(14)17(13)15/h5-6,8-12H,2-4,7H2,1H3. The highest BCUT2D eigenvalue weighted by atomic mass is 14.2. The lowest BCUT2D eigenvalue weighted by Crippen LogP contribution is -1.83.